The van der Waals surface area contributed by atoms with Crippen molar-refractivity contribution in [2.45, 2.75) is 30.2 Å². The van der Waals surface area contributed by atoms with Gasteiger partial charge in [-0.2, -0.15) is 62.3 Å². The van der Waals surface area contributed by atoms with Gasteiger partial charge in [0, 0.05) is 0 Å². The van der Waals surface area contributed by atoms with Crippen LogP contribution in [0.15, 0.2) is 12.1 Å². The number of ether oxygens (including phenoxy) is 2. The molecular weight excluding hydrogens is 389 g/mol. The first-order chi connectivity index (χ1) is 10.3. The Morgan fingerprint density at radius 1 is 0.750 bits per heavy atom. The van der Waals surface area contributed by atoms with Gasteiger partial charge in [0.15, 0.2) is 0 Å². The molecule has 0 fully saturated rings. The summed E-state index contributed by atoms with van der Waals surface area (Å²) in [5.74, 6) is -13.5. The van der Waals surface area contributed by atoms with Crippen LogP contribution in [0.5, 0.6) is 0 Å². The largest absolute Gasteiger partial charge is 0.471 e. The number of alkyl halides is 10. The number of rotatable bonds is 6. The maximum atomic E-state index is 13.3. The van der Waals surface area contributed by atoms with Gasteiger partial charge in [-0.3, -0.25) is 4.74 Å². The van der Waals surface area contributed by atoms with Gasteiger partial charge in [0.2, 0.25) is 0 Å². The number of hydrogen-bond acceptors (Lipinski definition) is 3. The first-order valence-electron chi connectivity index (χ1n) is 4.75. The molecule has 0 aliphatic carbocycles. The maximum absolute atomic E-state index is 13.3. The third-order valence-corrected chi connectivity index (χ3v) is 1.88. The molecule has 0 rings (SSSR count). The second-order valence-corrected chi connectivity index (χ2v) is 3.55. The first-order valence-corrected chi connectivity index (χ1v) is 4.75. The van der Waals surface area contributed by atoms with Crippen molar-refractivity contribution in [1.29, 1.82) is 5.26 Å². The fourth-order valence-corrected chi connectivity index (χ4v) is 0.805. The lowest BCUT2D eigenvalue weighted by atomic mass is 10.2. The van der Waals surface area contributed by atoms with Crippen LogP contribution in [0.4, 0.5) is 57.1 Å². The lowest BCUT2D eigenvalue weighted by molar-refractivity contribution is -0.512. The Morgan fingerprint density at radius 3 is 1.46 bits per heavy atom. The van der Waals surface area contributed by atoms with Crippen LogP contribution in [-0.4, -0.2) is 30.2 Å². The molecule has 0 heterocycles. The smallest absolute Gasteiger partial charge is 0.398 e. The molecule has 0 saturated heterocycles. The summed E-state index contributed by atoms with van der Waals surface area (Å²) in [6.07, 6.45) is -25.1. The Kier molecular flexibility index (Phi) is 5.69. The van der Waals surface area contributed by atoms with Crippen molar-refractivity contribution in [2.24, 2.45) is 0 Å². The second-order valence-electron chi connectivity index (χ2n) is 3.55. The minimum absolute atomic E-state index is 0.665. The van der Waals surface area contributed by atoms with Crippen molar-refractivity contribution in [3.8, 4) is 6.07 Å². The molecule has 16 heteroatoms. The van der Waals surface area contributed by atoms with Crippen LogP contribution in [0.2, 0.25) is 0 Å². The summed E-state index contributed by atoms with van der Waals surface area (Å²) < 4.78 is 165. The summed E-state index contributed by atoms with van der Waals surface area (Å²) in [6.45, 7) is 0. The number of nitrogens with zero attached hydrogens (tertiary/aromatic N) is 1. The third kappa shape index (κ3) is 3.94. The van der Waals surface area contributed by atoms with Gasteiger partial charge in [0.05, 0.1) is 0 Å². The Balaban J connectivity index is 6.12. The quantitative estimate of drug-likeness (QED) is 0.492. The van der Waals surface area contributed by atoms with E-state index in [2.05, 4.69) is 0 Å². The van der Waals surface area contributed by atoms with Crippen molar-refractivity contribution in [3.63, 3.8) is 0 Å². The van der Waals surface area contributed by atoms with Crippen LogP contribution in [0.3, 0.4) is 0 Å². The molecule has 0 aromatic carbocycles. The van der Waals surface area contributed by atoms with Gasteiger partial charge < -0.3 is 4.74 Å². The fraction of sp³-hybridized carbons (Fsp3) is 0.625. The summed E-state index contributed by atoms with van der Waals surface area (Å²) in [5.41, 5.74) is 0. The molecule has 24 heavy (non-hydrogen) atoms. The highest BCUT2D eigenvalue weighted by Crippen LogP contribution is 2.52. The van der Waals surface area contributed by atoms with Gasteiger partial charge in [0.1, 0.15) is 6.07 Å². The van der Waals surface area contributed by atoms with E-state index in [-0.39, 0.29) is 0 Å². The highest BCUT2D eigenvalue weighted by atomic mass is 19.4. The third-order valence-electron chi connectivity index (χ3n) is 1.88. The van der Waals surface area contributed by atoms with E-state index < -0.39 is 48.3 Å². The molecule has 0 N–H and O–H groups in total. The van der Waals surface area contributed by atoms with Crippen LogP contribution in [0.1, 0.15) is 0 Å². The van der Waals surface area contributed by atoms with Crippen molar-refractivity contribution in [2.75, 3.05) is 0 Å². The van der Waals surface area contributed by atoms with Crippen molar-refractivity contribution >= 4 is 0 Å². The molecule has 0 aromatic heterocycles. The molecule has 0 amide bonds. The van der Waals surface area contributed by atoms with Gasteiger partial charge in [-0.25, -0.2) is 0 Å². The number of hydrogen-bond donors (Lipinski definition) is 0. The molecule has 0 bridgehead atoms. The molecule has 0 aromatic rings. The van der Waals surface area contributed by atoms with Crippen molar-refractivity contribution in [3.05, 3.63) is 12.1 Å². The van der Waals surface area contributed by atoms with Gasteiger partial charge in [-0.1, -0.05) is 0 Å². The van der Waals surface area contributed by atoms with E-state index >= 15 is 0 Å². The van der Waals surface area contributed by atoms with Gasteiger partial charge >= 0.3 is 42.3 Å². The van der Waals surface area contributed by atoms with Crippen LogP contribution < -0.4 is 0 Å². The first kappa shape index (κ1) is 22.1. The molecule has 0 radical (unpaired) electrons. The van der Waals surface area contributed by atoms with Crippen LogP contribution in [0.25, 0.3) is 0 Å². The van der Waals surface area contributed by atoms with E-state index in [1.807, 2.05) is 4.74 Å². The van der Waals surface area contributed by atoms with Gasteiger partial charge in [-0.05, 0) is 0 Å². The van der Waals surface area contributed by atoms with Crippen LogP contribution in [-0.2, 0) is 9.47 Å². The van der Waals surface area contributed by atoms with E-state index in [9.17, 15) is 57.1 Å². The summed E-state index contributed by atoms with van der Waals surface area (Å²) >= 11 is 0. The molecule has 0 saturated carbocycles. The van der Waals surface area contributed by atoms with E-state index in [0.29, 0.717) is 0 Å². The Morgan fingerprint density at radius 2 is 1.17 bits per heavy atom. The minimum atomic E-state index is -7.33. The number of nitriles is 1. The van der Waals surface area contributed by atoms with Crippen LogP contribution >= 0.6 is 0 Å². The molecule has 1 atom stereocenters. The number of halogens is 13. The monoisotopic (exact) mass is 389 g/mol. The highest BCUT2D eigenvalue weighted by Gasteiger charge is 2.81. The van der Waals surface area contributed by atoms with Crippen molar-refractivity contribution in [1.82, 2.24) is 0 Å². The Hall–Kier alpha value is -1.92. The van der Waals surface area contributed by atoms with Gasteiger partial charge in [0.25, 0.3) is 0 Å². The average Bonchev–Trinajstić information content (AvgIpc) is 2.35. The Labute approximate surface area is 121 Å². The van der Waals surface area contributed by atoms with E-state index in [0.717, 1.165) is 0 Å². The lowest BCUT2D eigenvalue weighted by Gasteiger charge is -2.35. The fourth-order valence-electron chi connectivity index (χ4n) is 0.805. The predicted octanol–water partition coefficient (Wildman–Crippen LogP) is 4.63. The average molecular weight is 389 g/mol. The predicted molar refractivity (Wildman–Crippen MR) is 42.9 cm³/mol. The zero-order valence-corrected chi connectivity index (χ0v) is 10.2. The molecule has 0 aliphatic heterocycles. The Bertz CT molecular complexity index is 543. The zero-order chi connectivity index (χ0) is 19.8. The minimum Gasteiger partial charge on any atom is -0.398 e. The van der Waals surface area contributed by atoms with E-state index in [1.54, 1.807) is 4.74 Å². The molecule has 0 spiro atoms. The highest BCUT2D eigenvalue weighted by molar-refractivity contribution is 5.01. The summed E-state index contributed by atoms with van der Waals surface area (Å²) in [6, 6.07) is -4.51. The topological polar surface area (TPSA) is 42.2 Å². The van der Waals surface area contributed by atoms with Crippen LogP contribution in [0, 0.1) is 11.3 Å². The zero-order valence-electron chi connectivity index (χ0n) is 10.2. The van der Waals surface area contributed by atoms with E-state index in [4.69, 9.17) is 5.26 Å². The maximum Gasteiger partial charge on any atom is 0.471 e. The summed E-state index contributed by atoms with van der Waals surface area (Å²) in [4.78, 5) is 0. The van der Waals surface area contributed by atoms with Gasteiger partial charge in [-0.15, -0.1) is 0 Å². The molecule has 3 nitrogen and oxygen atoms in total. The van der Waals surface area contributed by atoms with Crippen molar-refractivity contribution < 1.29 is 66.5 Å². The summed E-state index contributed by atoms with van der Waals surface area (Å²) in [5, 5.41) is 7.60. The normalized spacial score (nSPS) is 16.2. The second kappa shape index (κ2) is 6.18. The summed E-state index contributed by atoms with van der Waals surface area (Å²) in [7, 11) is 0. The molecular formula is C8F13NO2. The standard InChI is InChI=1S/C8F13NO2/c9-2(10)3(11)23-8(20,21)5(14,6(15,16)17)24-7(18,19)4(12,13)1-22/t5-/m1/s1. The molecule has 140 valence electrons. The molecule has 0 unspecified atom stereocenters. The molecule has 0 aliphatic rings. The lowest BCUT2D eigenvalue weighted by Crippen LogP contribution is -2.63. The SMILES string of the molecule is N#CC(F)(F)C(F)(F)O[C@](F)(C(F)(F)F)C(F)(F)OC(F)=C(F)F. The van der Waals surface area contributed by atoms with E-state index in [1.165, 1.54) is 0 Å².